The summed E-state index contributed by atoms with van der Waals surface area (Å²) < 4.78 is 18.9. The summed E-state index contributed by atoms with van der Waals surface area (Å²) in [6.07, 6.45) is 5.67. The van der Waals surface area contributed by atoms with E-state index in [2.05, 4.69) is 0 Å². The van der Waals surface area contributed by atoms with Crippen molar-refractivity contribution in [2.75, 3.05) is 20.2 Å². The van der Waals surface area contributed by atoms with Gasteiger partial charge in [0.05, 0.1) is 11.1 Å². The number of methoxy groups -OCH3 is 1. The Morgan fingerprint density at radius 3 is 2.91 bits per heavy atom. The highest BCUT2D eigenvalue weighted by Crippen LogP contribution is 2.46. The van der Waals surface area contributed by atoms with Gasteiger partial charge in [-0.1, -0.05) is 18.0 Å². The number of hydrogen-bond acceptors (Lipinski definition) is 2. The first kappa shape index (κ1) is 15.8. The fourth-order valence-electron chi connectivity index (χ4n) is 4.09. The van der Waals surface area contributed by atoms with E-state index in [9.17, 15) is 9.18 Å². The molecule has 3 rings (SSSR count). The summed E-state index contributed by atoms with van der Waals surface area (Å²) in [6, 6.07) is 4.18. The van der Waals surface area contributed by atoms with Gasteiger partial charge < -0.3 is 9.64 Å². The van der Waals surface area contributed by atoms with Gasteiger partial charge in [-0.3, -0.25) is 4.79 Å². The monoisotopic (exact) mass is 325 g/mol. The number of amides is 1. The van der Waals surface area contributed by atoms with Crippen LogP contribution in [0.2, 0.25) is 5.02 Å². The van der Waals surface area contributed by atoms with Crippen molar-refractivity contribution >= 4 is 17.5 Å². The normalized spacial score (nSPS) is 28.3. The Balaban J connectivity index is 1.79. The molecule has 1 aromatic carbocycles. The Hall–Kier alpha value is -1.13. The van der Waals surface area contributed by atoms with Crippen LogP contribution in [-0.2, 0) is 4.74 Å². The van der Waals surface area contributed by atoms with Crippen molar-refractivity contribution in [1.29, 1.82) is 0 Å². The molecule has 0 unspecified atom stereocenters. The Morgan fingerprint density at radius 2 is 2.18 bits per heavy atom. The van der Waals surface area contributed by atoms with Crippen LogP contribution in [0.4, 0.5) is 4.39 Å². The van der Waals surface area contributed by atoms with Crippen LogP contribution in [0.25, 0.3) is 0 Å². The summed E-state index contributed by atoms with van der Waals surface area (Å²) in [6.45, 7) is 1.46. The molecule has 2 aliphatic rings. The van der Waals surface area contributed by atoms with Crippen molar-refractivity contribution in [2.24, 2.45) is 5.41 Å². The highest BCUT2D eigenvalue weighted by molar-refractivity contribution is 6.31. The fourth-order valence-corrected chi connectivity index (χ4v) is 4.27. The fraction of sp³-hybridized carbons (Fsp3) is 0.588. The average Bonchev–Trinajstić information content (AvgIpc) is 2.91. The van der Waals surface area contributed by atoms with Gasteiger partial charge in [-0.05, 0) is 43.9 Å². The molecule has 1 aromatic rings. The third-order valence-electron chi connectivity index (χ3n) is 5.17. The molecule has 120 valence electrons. The molecule has 1 aliphatic carbocycles. The average molecular weight is 326 g/mol. The molecule has 1 saturated heterocycles. The molecular formula is C17H21ClFNO2. The number of carbonyl (C=O) groups is 1. The van der Waals surface area contributed by atoms with E-state index in [0.717, 1.165) is 45.2 Å². The molecule has 22 heavy (non-hydrogen) atoms. The first-order chi connectivity index (χ1) is 10.6. The van der Waals surface area contributed by atoms with E-state index in [0.29, 0.717) is 5.56 Å². The van der Waals surface area contributed by atoms with Crippen molar-refractivity contribution in [3.63, 3.8) is 0 Å². The maximum atomic E-state index is 13.3. The van der Waals surface area contributed by atoms with E-state index < -0.39 is 5.82 Å². The van der Waals surface area contributed by atoms with Gasteiger partial charge in [-0.15, -0.1) is 0 Å². The first-order valence-electron chi connectivity index (χ1n) is 7.83. The molecule has 1 spiro atoms. The minimum atomic E-state index is -0.497. The summed E-state index contributed by atoms with van der Waals surface area (Å²) in [5.74, 6) is -0.564. The highest BCUT2D eigenvalue weighted by atomic mass is 35.5. The number of hydrogen-bond donors (Lipinski definition) is 0. The Morgan fingerprint density at radius 1 is 1.41 bits per heavy atom. The number of carbonyl (C=O) groups excluding carboxylic acids is 1. The van der Waals surface area contributed by atoms with Gasteiger partial charge >= 0.3 is 0 Å². The van der Waals surface area contributed by atoms with Gasteiger partial charge in [0, 0.05) is 31.2 Å². The zero-order valence-corrected chi connectivity index (χ0v) is 13.5. The van der Waals surface area contributed by atoms with Crippen LogP contribution in [0.5, 0.6) is 0 Å². The highest BCUT2D eigenvalue weighted by Gasteiger charge is 2.46. The lowest BCUT2D eigenvalue weighted by molar-refractivity contribution is -0.0295. The molecule has 1 heterocycles. The van der Waals surface area contributed by atoms with Crippen molar-refractivity contribution in [3.05, 3.63) is 34.6 Å². The van der Waals surface area contributed by atoms with Crippen molar-refractivity contribution < 1.29 is 13.9 Å². The van der Waals surface area contributed by atoms with Crippen LogP contribution >= 0.6 is 11.6 Å². The zero-order chi connectivity index (χ0) is 15.7. The van der Waals surface area contributed by atoms with Crippen LogP contribution in [0.1, 0.15) is 42.5 Å². The van der Waals surface area contributed by atoms with E-state index in [1.807, 2.05) is 4.90 Å². The summed E-state index contributed by atoms with van der Waals surface area (Å²) in [4.78, 5) is 14.6. The lowest BCUT2D eigenvalue weighted by atomic mass is 9.76. The molecule has 1 amide bonds. The quantitative estimate of drug-likeness (QED) is 0.825. The minimum absolute atomic E-state index is 0.00629. The van der Waals surface area contributed by atoms with Crippen molar-refractivity contribution in [1.82, 2.24) is 4.90 Å². The Kier molecular flexibility index (Phi) is 4.42. The van der Waals surface area contributed by atoms with Crippen LogP contribution < -0.4 is 0 Å². The van der Waals surface area contributed by atoms with Gasteiger partial charge in [-0.25, -0.2) is 4.39 Å². The number of halogens is 2. The number of likely N-dealkylation sites (tertiary alicyclic amines) is 1. The number of piperidine rings is 1. The molecule has 0 radical (unpaired) electrons. The lowest BCUT2D eigenvalue weighted by Crippen LogP contribution is -2.49. The predicted molar refractivity (Wildman–Crippen MR) is 83.6 cm³/mol. The third-order valence-corrected chi connectivity index (χ3v) is 5.46. The first-order valence-corrected chi connectivity index (χ1v) is 8.21. The second kappa shape index (κ2) is 6.17. The second-order valence-corrected chi connectivity index (χ2v) is 6.85. The number of benzene rings is 1. The maximum Gasteiger partial charge on any atom is 0.253 e. The molecule has 2 atom stereocenters. The number of ether oxygens (including phenoxy) is 1. The maximum absolute atomic E-state index is 13.3. The summed E-state index contributed by atoms with van der Waals surface area (Å²) in [5, 5.41) is -0.00629. The van der Waals surface area contributed by atoms with Crippen molar-refractivity contribution in [3.8, 4) is 0 Å². The lowest BCUT2D eigenvalue weighted by Gasteiger charge is -2.43. The topological polar surface area (TPSA) is 29.5 Å². The van der Waals surface area contributed by atoms with Gasteiger partial charge in [0.25, 0.3) is 5.91 Å². The van der Waals surface area contributed by atoms with E-state index >= 15 is 0 Å². The molecule has 0 bridgehead atoms. The zero-order valence-electron chi connectivity index (χ0n) is 12.8. The second-order valence-electron chi connectivity index (χ2n) is 6.44. The molecule has 1 aliphatic heterocycles. The van der Waals surface area contributed by atoms with Gasteiger partial charge in [0.15, 0.2) is 0 Å². The van der Waals surface area contributed by atoms with Gasteiger partial charge in [0.2, 0.25) is 0 Å². The smallest absolute Gasteiger partial charge is 0.253 e. The summed E-state index contributed by atoms with van der Waals surface area (Å²) in [5.41, 5.74) is 0.544. The molecule has 3 nitrogen and oxygen atoms in total. The molecule has 2 fully saturated rings. The van der Waals surface area contributed by atoms with Crippen LogP contribution in [0.3, 0.4) is 0 Å². The van der Waals surface area contributed by atoms with E-state index in [-0.39, 0.29) is 22.4 Å². The summed E-state index contributed by atoms with van der Waals surface area (Å²) in [7, 11) is 1.76. The van der Waals surface area contributed by atoms with E-state index in [1.165, 1.54) is 18.2 Å². The molecule has 0 N–H and O–H groups in total. The SMILES string of the molecule is CO[C@@H]1CCC[C@]12CCCN(C(=O)c1ccc(F)c(Cl)c1)C2. The third kappa shape index (κ3) is 2.74. The minimum Gasteiger partial charge on any atom is -0.381 e. The molecule has 5 heteroatoms. The Labute approximate surface area is 135 Å². The predicted octanol–water partition coefficient (Wildman–Crippen LogP) is 3.90. The molecule has 0 aromatic heterocycles. The van der Waals surface area contributed by atoms with Crippen LogP contribution in [-0.4, -0.2) is 37.1 Å². The molecule has 1 saturated carbocycles. The van der Waals surface area contributed by atoms with Gasteiger partial charge in [0.1, 0.15) is 5.82 Å². The largest absolute Gasteiger partial charge is 0.381 e. The Bertz CT molecular complexity index is 580. The number of rotatable bonds is 2. The molecular weight excluding hydrogens is 305 g/mol. The number of nitrogens with zero attached hydrogens (tertiary/aromatic N) is 1. The van der Waals surface area contributed by atoms with E-state index in [4.69, 9.17) is 16.3 Å². The van der Waals surface area contributed by atoms with Gasteiger partial charge in [-0.2, -0.15) is 0 Å². The van der Waals surface area contributed by atoms with E-state index in [1.54, 1.807) is 7.11 Å². The summed E-state index contributed by atoms with van der Waals surface area (Å²) >= 11 is 5.80. The standard InChI is InChI=1S/C17H21ClFNO2/c1-22-15-4-2-7-17(15)8-3-9-20(11-17)16(21)12-5-6-14(19)13(18)10-12/h5-6,10,15H,2-4,7-9,11H2,1H3/t15-,17-/m1/s1. The van der Waals surface area contributed by atoms with Crippen LogP contribution in [0.15, 0.2) is 18.2 Å². The van der Waals surface area contributed by atoms with Crippen molar-refractivity contribution in [2.45, 2.75) is 38.2 Å². The van der Waals surface area contributed by atoms with Crippen LogP contribution in [0, 0.1) is 11.2 Å².